The maximum Gasteiger partial charge on any atom is 0.114 e. The Morgan fingerprint density at radius 3 is 1.88 bits per heavy atom. The third-order valence-corrected chi connectivity index (χ3v) is 5.54. The van der Waals surface area contributed by atoms with Crippen LogP contribution in [-0.2, 0) is 0 Å². The van der Waals surface area contributed by atoms with Crippen molar-refractivity contribution in [3.05, 3.63) is 78.9 Å². The Labute approximate surface area is 147 Å². The summed E-state index contributed by atoms with van der Waals surface area (Å²) in [5.74, 6) is 0. The summed E-state index contributed by atoms with van der Waals surface area (Å²) in [6.07, 6.45) is 0. The number of rotatable bonds is 0. The molecule has 0 heterocycles. The summed E-state index contributed by atoms with van der Waals surface area (Å²) in [6, 6.07) is 28.3. The minimum atomic E-state index is 0.847. The molecule has 0 unspecified atom stereocenters. The van der Waals surface area contributed by atoms with E-state index >= 15 is 0 Å². The van der Waals surface area contributed by atoms with Crippen molar-refractivity contribution in [1.29, 1.82) is 0 Å². The van der Waals surface area contributed by atoms with E-state index in [9.17, 15) is 0 Å². The largest absolute Gasteiger partial charge is 0.114 e. The van der Waals surface area contributed by atoms with Gasteiger partial charge in [-0.05, 0) is 60.6 Å². The minimum absolute atomic E-state index is 0.847. The summed E-state index contributed by atoms with van der Waals surface area (Å²) in [5, 5.41) is 7.52. The lowest BCUT2D eigenvalue weighted by molar-refractivity contribution is 1.70. The van der Waals surface area contributed by atoms with Crippen LogP contribution in [0.15, 0.2) is 78.9 Å². The van der Waals surface area contributed by atoms with E-state index in [1.165, 1.54) is 49.2 Å². The molecule has 0 N–H and O–H groups in total. The van der Waals surface area contributed by atoms with E-state index in [1.807, 2.05) is 0 Å². The topological polar surface area (TPSA) is 0 Å². The molecule has 0 saturated heterocycles. The predicted molar refractivity (Wildman–Crippen MR) is 109 cm³/mol. The van der Waals surface area contributed by atoms with Crippen molar-refractivity contribution in [2.45, 2.75) is 0 Å². The smallest absolute Gasteiger partial charge is 0.0883 e. The van der Waals surface area contributed by atoms with Gasteiger partial charge in [0.2, 0.25) is 0 Å². The monoisotopic (exact) mass is 312 g/mol. The highest BCUT2D eigenvalue weighted by Gasteiger charge is 2.22. The van der Waals surface area contributed by atoms with Gasteiger partial charge in [0.25, 0.3) is 0 Å². The second kappa shape index (κ2) is 4.52. The fraction of sp³-hybridized carbons (Fsp3) is 0. The third kappa shape index (κ3) is 1.58. The molecule has 0 aromatic heterocycles. The van der Waals surface area contributed by atoms with Crippen molar-refractivity contribution in [2.24, 2.45) is 0 Å². The fourth-order valence-corrected chi connectivity index (χ4v) is 4.48. The number of benzene rings is 5. The van der Waals surface area contributed by atoms with Crippen LogP contribution in [0.1, 0.15) is 0 Å². The van der Waals surface area contributed by atoms with Gasteiger partial charge in [-0.3, -0.25) is 0 Å². The zero-order chi connectivity index (χ0) is 16.5. The van der Waals surface area contributed by atoms with Gasteiger partial charge in [-0.1, -0.05) is 78.3 Å². The van der Waals surface area contributed by atoms with Crippen LogP contribution in [0.3, 0.4) is 0 Å². The predicted octanol–water partition coefficient (Wildman–Crippen LogP) is 5.59. The SMILES string of the molecule is [B]c1cc2c3cccc4c3c(cc2c2ccccc12)-c1ccccc1-4. The van der Waals surface area contributed by atoms with E-state index in [4.69, 9.17) is 7.85 Å². The summed E-state index contributed by atoms with van der Waals surface area (Å²) in [6.45, 7) is 0. The molecule has 5 aromatic carbocycles. The highest BCUT2D eigenvalue weighted by atomic mass is 14.2. The van der Waals surface area contributed by atoms with Gasteiger partial charge >= 0.3 is 0 Å². The van der Waals surface area contributed by atoms with Gasteiger partial charge in [-0.15, -0.1) is 0 Å². The van der Waals surface area contributed by atoms with Gasteiger partial charge in [-0.25, -0.2) is 0 Å². The van der Waals surface area contributed by atoms with Gasteiger partial charge < -0.3 is 0 Å². The third-order valence-electron chi connectivity index (χ3n) is 5.54. The molecule has 5 aromatic rings. The Morgan fingerprint density at radius 2 is 1.04 bits per heavy atom. The van der Waals surface area contributed by atoms with Gasteiger partial charge in [0.05, 0.1) is 0 Å². The van der Waals surface area contributed by atoms with E-state index in [-0.39, 0.29) is 0 Å². The summed E-state index contributed by atoms with van der Waals surface area (Å²) >= 11 is 0. The van der Waals surface area contributed by atoms with Crippen LogP contribution in [-0.4, -0.2) is 7.85 Å². The Morgan fingerprint density at radius 1 is 0.440 bits per heavy atom. The summed E-state index contributed by atoms with van der Waals surface area (Å²) in [5.41, 5.74) is 6.17. The first kappa shape index (κ1) is 13.3. The highest BCUT2D eigenvalue weighted by Crippen LogP contribution is 2.49. The van der Waals surface area contributed by atoms with Crippen LogP contribution in [0.4, 0.5) is 0 Å². The molecule has 1 aliphatic carbocycles. The summed E-state index contributed by atoms with van der Waals surface area (Å²) in [4.78, 5) is 0. The molecule has 2 radical (unpaired) electrons. The molecule has 25 heavy (non-hydrogen) atoms. The fourth-order valence-electron chi connectivity index (χ4n) is 4.48. The van der Waals surface area contributed by atoms with Gasteiger partial charge in [0.15, 0.2) is 0 Å². The van der Waals surface area contributed by atoms with Gasteiger partial charge in [-0.2, -0.15) is 0 Å². The number of fused-ring (bicyclic) bond motifs is 7. The first-order chi connectivity index (χ1) is 12.3. The van der Waals surface area contributed by atoms with Crippen molar-refractivity contribution in [2.75, 3.05) is 0 Å². The maximum atomic E-state index is 6.39. The lowest BCUT2D eigenvalue weighted by Gasteiger charge is -2.12. The first-order valence-electron chi connectivity index (χ1n) is 8.59. The standard InChI is InChI=1S/C24H13B/c25-23-13-21-19-11-5-10-18-14-6-1-2-7-15(14)22(24(18)19)12-20(21)16-8-3-4-9-17(16)23/h1-13H. The molecule has 0 amide bonds. The van der Waals surface area contributed by atoms with Crippen molar-refractivity contribution >= 4 is 45.6 Å². The average Bonchev–Trinajstić information content (AvgIpc) is 2.99. The Balaban J connectivity index is 1.94. The molecular weight excluding hydrogens is 299 g/mol. The Hall–Kier alpha value is -3.06. The van der Waals surface area contributed by atoms with Crippen molar-refractivity contribution in [3.8, 4) is 22.3 Å². The zero-order valence-corrected chi connectivity index (χ0v) is 13.6. The van der Waals surface area contributed by atoms with E-state index in [1.54, 1.807) is 0 Å². The van der Waals surface area contributed by atoms with Gasteiger partial charge in [0, 0.05) is 0 Å². The Kier molecular flexibility index (Phi) is 2.40. The van der Waals surface area contributed by atoms with Crippen LogP contribution in [0, 0.1) is 0 Å². The molecule has 0 atom stereocenters. The molecule has 112 valence electrons. The van der Waals surface area contributed by atoms with Crippen LogP contribution in [0.2, 0.25) is 0 Å². The first-order valence-corrected chi connectivity index (χ1v) is 8.59. The molecule has 0 fully saturated rings. The number of hydrogen-bond donors (Lipinski definition) is 0. The molecule has 0 nitrogen and oxygen atoms in total. The van der Waals surface area contributed by atoms with Crippen LogP contribution in [0.25, 0.3) is 54.6 Å². The summed E-state index contributed by atoms with van der Waals surface area (Å²) in [7, 11) is 6.39. The molecule has 0 bridgehead atoms. The quantitative estimate of drug-likeness (QED) is 0.253. The van der Waals surface area contributed by atoms with Crippen molar-refractivity contribution in [1.82, 2.24) is 0 Å². The minimum Gasteiger partial charge on any atom is -0.0883 e. The Bertz CT molecular complexity index is 1350. The lowest BCUT2D eigenvalue weighted by atomic mass is 9.84. The average molecular weight is 312 g/mol. The zero-order valence-electron chi connectivity index (χ0n) is 13.6. The summed E-state index contributed by atoms with van der Waals surface area (Å²) < 4.78 is 0. The van der Waals surface area contributed by atoms with Crippen molar-refractivity contribution in [3.63, 3.8) is 0 Å². The normalized spacial score (nSPS) is 12.2. The second-order valence-corrected chi connectivity index (χ2v) is 6.80. The molecule has 0 aliphatic heterocycles. The maximum absolute atomic E-state index is 6.39. The van der Waals surface area contributed by atoms with Crippen LogP contribution >= 0.6 is 0 Å². The van der Waals surface area contributed by atoms with E-state index in [0.29, 0.717) is 0 Å². The molecule has 0 spiro atoms. The van der Waals surface area contributed by atoms with Crippen LogP contribution in [0.5, 0.6) is 0 Å². The highest BCUT2D eigenvalue weighted by molar-refractivity contribution is 6.42. The van der Waals surface area contributed by atoms with E-state index in [2.05, 4.69) is 78.9 Å². The lowest BCUT2D eigenvalue weighted by Crippen LogP contribution is -2.04. The molecule has 0 saturated carbocycles. The van der Waals surface area contributed by atoms with E-state index in [0.717, 1.165) is 10.8 Å². The van der Waals surface area contributed by atoms with Crippen molar-refractivity contribution < 1.29 is 0 Å². The molecule has 1 aliphatic rings. The molecule has 6 rings (SSSR count). The second-order valence-electron chi connectivity index (χ2n) is 6.80. The van der Waals surface area contributed by atoms with Gasteiger partial charge in [0.1, 0.15) is 7.85 Å². The van der Waals surface area contributed by atoms with Crippen LogP contribution < -0.4 is 5.46 Å². The molecular formula is C24H13B. The van der Waals surface area contributed by atoms with E-state index < -0.39 is 0 Å². The number of hydrogen-bond acceptors (Lipinski definition) is 0. The molecule has 1 heteroatoms.